The number of hydrogen-bond acceptors (Lipinski definition) is 2. The van der Waals surface area contributed by atoms with Gasteiger partial charge in [0, 0.05) is 18.9 Å². The van der Waals surface area contributed by atoms with Crippen LogP contribution >= 0.6 is 0 Å². The fourth-order valence-corrected chi connectivity index (χ4v) is 2.13. The fraction of sp³-hybridized carbons (Fsp3) is 0.700. The van der Waals surface area contributed by atoms with E-state index in [9.17, 15) is 0 Å². The number of aromatic nitrogens is 2. The Morgan fingerprint density at radius 2 is 2.23 bits per heavy atom. The second kappa shape index (κ2) is 3.92. The van der Waals surface area contributed by atoms with Crippen LogP contribution < -0.4 is 0 Å². The SMILES string of the molecule is OCc1nccn1CC1CCCC1. The van der Waals surface area contributed by atoms with Gasteiger partial charge in [0.25, 0.3) is 0 Å². The maximum atomic E-state index is 9.00. The molecule has 0 bridgehead atoms. The van der Waals surface area contributed by atoms with Gasteiger partial charge < -0.3 is 9.67 Å². The summed E-state index contributed by atoms with van der Waals surface area (Å²) >= 11 is 0. The van der Waals surface area contributed by atoms with Crippen molar-refractivity contribution in [3.63, 3.8) is 0 Å². The van der Waals surface area contributed by atoms with Gasteiger partial charge in [0.15, 0.2) is 0 Å². The molecule has 13 heavy (non-hydrogen) atoms. The number of aliphatic hydroxyl groups is 1. The number of hydrogen-bond donors (Lipinski definition) is 1. The Balaban J connectivity index is 1.99. The van der Waals surface area contributed by atoms with Crippen LogP contribution in [0.5, 0.6) is 0 Å². The molecular weight excluding hydrogens is 164 g/mol. The van der Waals surface area contributed by atoms with Crippen molar-refractivity contribution >= 4 is 0 Å². The summed E-state index contributed by atoms with van der Waals surface area (Å²) in [5.41, 5.74) is 0. The molecule has 0 spiro atoms. The lowest BCUT2D eigenvalue weighted by molar-refractivity contribution is 0.261. The van der Waals surface area contributed by atoms with Crippen molar-refractivity contribution < 1.29 is 5.11 Å². The molecule has 2 rings (SSSR count). The highest BCUT2D eigenvalue weighted by Crippen LogP contribution is 2.26. The predicted octanol–water partition coefficient (Wildman–Crippen LogP) is 1.57. The van der Waals surface area contributed by atoms with E-state index in [0.717, 1.165) is 18.3 Å². The maximum absolute atomic E-state index is 9.00. The Hall–Kier alpha value is -0.830. The van der Waals surface area contributed by atoms with Crippen LogP contribution in [-0.4, -0.2) is 14.7 Å². The van der Waals surface area contributed by atoms with E-state index < -0.39 is 0 Å². The molecule has 0 atom stereocenters. The number of imidazole rings is 1. The molecule has 1 aromatic rings. The third-order valence-electron chi connectivity index (χ3n) is 2.87. The van der Waals surface area contributed by atoms with E-state index in [4.69, 9.17) is 5.11 Å². The van der Waals surface area contributed by atoms with Crippen LogP contribution in [0.1, 0.15) is 31.5 Å². The van der Waals surface area contributed by atoms with Crippen molar-refractivity contribution in [3.8, 4) is 0 Å². The van der Waals surface area contributed by atoms with Crippen LogP contribution in [0.4, 0.5) is 0 Å². The minimum Gasteiger partial charge on any atom is -0.388 e. The molecule has 1 fully saturated rings. The third-order valence-corrected chi connectivity index (χ3v) is 2.87. The molecule has 0 saturated heterocycles. The molecule has 0 aromatic carbocycles. The summed E-state index contributed by atoms with van der Waals surface area (Å²) in [6.45, 7) is 1.09. The molecule has 0 amide bonds. The average molecular weight is 180 g/mol. The highest BCUT2D eigenvalue weighted by atomic mass is 16.3. The van der Waals surface area contributed by atoms with Gasteiger partial charge in [-0.15, -0.1) is 0 Å². The summed E-state index contributed by atoms with van der Waals surface area (Å²) in [7, 11) is 0. The smallest absolute Gasteiger partial charge is 0.134 e. The molecule has 72 valence electrons. The molecule has 1 heterocycles. The molecular formula is C10H16N2O. The van der Waals surface area contributed by atoms with Gasteiger partial charge in [-0.05, 0) is 18.8 Å². The standard InChI is InChI=1S/C10H16N2O/c13-8-10-11-5-6-12(10)7-9-3-1-2-4-9/h5-6,9,13H,1-4,7-8H2. The molecule has 1 aliphatic rings. The zero-order chi connectivity index (χ0) is 9.10. The Kier molecular flexibility index (Phi) is 2.64. The lowest BCUT2D eigenvalue weighted by Crippen LogP contribution is -2.09. The van der Waals surface area contributed by atoms with Crippen molar-refractivity contribution in [2.75, 3.05) is 0 Å². The van der Waals surface area contributed by atoms with Crippen molar-refractivity contribution in [2.45, 2.75) is 38.8 Å². The van der Waals surface area contributed by atoms with Crippen LogP contribution in [0, 0.1) is 5.92 Å². The Labute approximate surface area is 78.4 Å². The summed E-state index contributed by atoms with van der Waals surface area (Å²) in [6, 6.07) is 0. The summed E-state index contributed by atoms with van der Waals surface area (Å²) in [5.74, 6) is 1.60. The van der Waals surface area contributed by atoms with E-state index in [2.05, 4.69) is 9.55 Å². The quantitative estimate of drug-likeness (QED) is 0.766. The highest BCUT2D eigenvalue weighted by Gasteiger charge is 2.16. The molecule has 0 unspecified atom stereocenters. The first-order chi connectivity index (χ1) is 6.40. The van der Waals surface area contributed by atoms with Gasteiger partial charge in [0.2, 0.25) is 0 Å². The Morgan fingerprint density at radius 3 is 2.92 bits per heavy atom. The zero-order valence-electron chi connectivity index (χ0n) is 7.82. The Morgan fingerprint density at radius 1 is 1.46 bits per heavy atom. The predicted molar refractivity (Wildman–Crippen MR) is 50.1 cm³/mol. The van der Waals surface area contributed by atoms with E-state index >= 15 is 0 Å². The van der Waals surface area contributed by atoms with Crippen LogP contribution in [0.15, 0.2) is 12.4 Å². The molecule has 0 radical (unpaired) electrons. The van der Waals surface area contributed by atoms with Crippen LogP contribution in [0.25, 0.3) is 0 Å². The van der Waals surface area contributed by atoms with Gasteiger partial charge in [-0.25, -0.2) is 4.98 Å². The minimum atomic E-state index is 0.0553. The summed E-state index contributed by atoms with van der Waals surface area (Å²) < 4.78 is 2.08. The van der Waals surface area contributed by atoms with Crippen molar-refractivity contribution in [1.29, 1.82) is 0 Å². The highest BCUT2D eigenvalue weighted by molar-refractivity contribution is 4.91. The topological polar surface area (TPSA) is 38.1 Å². The second-order valence-corrected chi connectivity index (χ2v) is 3.80. The van der Waals surface area contributed by atoms with Gasteiger partial charge in [-0.1, -0.05) is 12.8 Å². The molecule has 1 aromatic heterocycles. The van der Waals surface area contributed by atoms with Crippen LogP contribution in [-0.2, 0) is 13.2 Å². The number of aliphatic hydroxyl groups excluding tert-OH is 1. The summed E-state index contributed by atoms with van der Waals surface area (Å²) in [5, 5.41) is 9.00. The van der Waals surface area contributed by atoms with Gasteiger partial charge in [0.1, 0.15) is 12.4 Å². The first-order valence-electron chi connectivity index (χ1n) is 5.01. The second-order valence-electron chi connectivity index (χ2n) is 3.80. The zero-order valence-corrected chi connectivity index (χ0v) is 7.82. The molecule has 1 N–H and O–H groups in total. The van der Waals surface area contributed by atoms with Crippen molar-refractivity contribution in [3.05, 3.63) is 18.2 Å². The van der Waals surface area contributed by atoms with Gasteiger partial charge in [-0.2, -0.15) is 0 Å². The van der Waals surface area contributed by atoms with E-state index in [-0.39, 0.29) is 6.61 Å². The lowest BCUT2D eigenvalue weighted by Gasteiger charge is -2.11. The Bertz CT molecular complexity index is 264. The fourth-order valence-electron chi connectivity index (χ4n) is 2.13. The molecule has 3 heteroatoms. The molecule has 3 nitrogen and oxygen atoms in total. The molecule has 1 saturated carbocycles. The lowest BCUT2D eigenvalue weighted by atomic mass is 10.1. The maximum Gasteiger partial charge on any atom is 0.134 e. The van der Waals surface area contributed by atoms with Crippen molar-refractivity contribution in [1.82, 2.24) is 9.55 Å². The number of rotatable bonds is 3. The normalized spacial score (nSPS) is 18.2. The van der Waals surface area contributed by atoms with Crippen LogP contribution in [0.2, 0.25) is 0 Å². The minimum absolute atomic E-state index is 0.0553. The first kappa shape index (κ1) is 8.75. The van der Waals surface area contributed by atoms with Crippen molar-refractivity contribution in [2.24, 2.45) is 5.92 Å². The van der Waals surface area contributed by atoms with E-state index in [0.29, 0.717) is 0 Å². The molecule has 1 aliphatic carbocycles. The average Bonchev–Trinajstić information content (AvgIpc) is 2.76. The largest absolute Gasteiger partial charge is 0.388 e. The van der Waals surface area contributed by atoms with E-state index in [1.165, 1.54) is 25.7 Å². The van der Waals surface area contributed by atoms with E-state index in [1.807, 2.05) is 6.20 Å². The summed E-state index contributed by atoms with van der Waals surface area (Å²) in [6.07, 6.45) is 9.14. The molecule has 0 aliphatic heterocycles. The van der Waals surface area contributed by atoms with E-state index in [1.54, 1.807) is 6.20 Å². The van der Waals surface area contributed by atoms with Gasteiger partial charge >= 0.3 is 0 Å². The van der Waals surface area contributed by atoms with Gasteiger partial charge in [0.05, 0.1) is 0 Å². The number of nitrogens with zero attached hydrogens (tertiary/aromatic N) is 2. The third kappa shape index (κ3) is 1.91. The first-order valence-corrected chi connectivity index (χ1v) is 5.01. The van der Waals surface area contributed by atoms with Gasteiger partial charge in [-0.3, -0.25) is 0 Å². The van der Waals surface area contributed by atoms with Crippen LogP contribution in [0.3, 0.4) is 0 Å². The monoisotopic (exact) mass is 180 g/mol. The summed E-state index contributed by atoms with van der Waals surface area (Å²) in [4.78, 5) is 4.09.